The summed E-state index contributed by atoms with van der Waals surface area (Å²) in [6.45, 7) is 3.29. The van der Waals surface area contributed by atoms with E-state index < -0.39 is 21.7 Å². The lowest BCUT2D eigenvalue weighted by Gasteiger charge is -2.22. The predicted octanol–water partition coefficient (Wildman–Crippen LogP) is 3.48. The lowest BCUT2D eigenvalue weighted by molar-refractivity contribution is -0.121. The molecule has 2 rings (SSSR count). The van der Waals surface area contributed by atoms with Crippen LogP contribution in [0.4, 0.5) is 4.39 Å². The highest BCUT2D eigenvalue weighted by Gasteiger charge is 2.25. The van der Waals surface area contributed by atoms with Gasteiger partial charge in [0.25, 0.3) is 0 Å². The van der Waals surface area contributed by atoms with Crippen molar-refractivity contribution in [2.24, 2.45) is 0 Å². The van der Waals surface area contributed by atoms with Gasteiger partial charge in [0.15, 0.2) is 0 Å². The van der Waals surface area contributed by atoms with Crippen molar-refractivity contribution in [3.8, 4) is 0 Å². The highest BCUT2D eigenvalue weighted by atomic mass is 79.9. The van der Waals surface area contributed by atoms with Crippen LogP contribution in [0.1, 0.15) is 25.5 Å². The number of carbonyl (C=O) groups is 1. The predicted molar refractivity (Wildman–Crippen MR) is 102 cm³/mol. The molecule has 0 aliphatic carbocycles. The van der Waals surface area contributed by atoms with Gasteiger partial charge >= 0.3 is 0 Å². The van der Waals surface area contributed by atoms with Crippen LogP contribution in [0.25, 0.3) is 0 Å². The quantitative estimate of drug-likeness (QED) is 0.713. The number of nitrogens with one attached hydrogen (secondary N) is 1. The summed E-state index contributed by atoms with van der Waals surface area (Å²) >= 11 is 3.35. The van der Waals surface area contributed by atoms with Crippen LogP contribution >= 0.6 is 15.9 Å². The molecule has 0 saturated carbocycles. The summed E-state index contributed by atoms with van der Waals surface area (Å²) in [5.74, 6) is -0.930. The van der Waals surface area contributed by atoms with Gasteiger partial charge in [0.1, 0.15) is 5.82 Å². The first kappa shape index (κ1) is 20.5. The number of amides is 1. The number of benzene rings is 2. The van der Waals surface area contributed by atoms with Crippen molar-refractivity contribution in [3.05, 3.63) is 64.4 Å². The van der Waals surface area contributed by atoms with Crippen molar-refractivity contribution in [1.29, 1.82) is 0 Å². The number of carbonyl (C=O) groups excluding carboxylic acids is 1. The summed E-state index contributed by atoms with van der Waals surface area (Å²) in [4.78, 5) is 12.3. The van der Waals surface area contributed by atoms with E-state index in [1.807, 2.05) is 31.2 Å². The molecule has 0 radical (unpaired) electrons. The average Bonchev–Trinajstić information content (AvgIpc) is 2.60. The Kier molecular flexibility index (Phi) is 6.91. The zero-order chi connectivity index (χ0) is 19.3. The Balaban J connectivity index is 2.07. The molecule has 0 spiro atoms. The molecule has 0 heterocycles. The van der Waals surface area contributed by atoms with E-state index in [4.69, 9.17) is 0 Å². The van der Waals surface area contributed by atoms with Crippen LogP contribution in [0, 0.1) is 5.82 Å². The number of rotatable bonds is 7. The van der Waals surface area contributed by atoms with Gasteiger partial charge in [-0.3, -0.25) is 4.79 Å². The zero-order valence-electron chi connectivity index (χ0n) is 14.4. The number of sulfonamides is 1. The molecule has 0 aliphatic heterocycles. The normalized spacial score (nSPS) is 12.8. The summed E-state index contributed by atoms with van der Waals surface area (Å²) in [6, 6.07) is 11.8. The molecule has 5 nitrogen and oxygen atoms in total. The van der Waals surface area contributed by atoms with Crippen LogP contribution in [0.15, 0.2) is 57.9 Å². The van der Waals surface area contributed by atoms with Crippen LogP contribution in [-0.2, 0) is 14.8 Å². The van der Waals surface area contributed by atoms with Gasteiger partial charge < -0.3 is 5.32 Å². The second-order valence-electron chi connectivity index (χ2n) is 5.73. The highest BCUT2D eigenvalue weighted by molar-refractivity contribution is 9.10. The lowest BCUT2D eigenvalue weighted by atomic mass is 10.1. The fraction of sp³-hybridized carbons (Fsp3) is 0.278. The molecule has 0 saturated heterocycles. The number of likely N-dealkylation sites (N-methyl/N-ethyl adjacent to an activating group) is 1. The molecular formula is C18H20BrFN2O3S. The molecule has 1 N–H and O–H groups in total. The maximum Gasteiger partial charge on any atom is 0.243 e. The standard InChI is InChI=1S/C18H20BrFN2O3S/c1-3-22(26(24,25)17-10-8-16(20)9-11-17)12-18(23)21-13(2)14-4-6-15(19)7-5-14/h4-11,13H,3,12H2,1-2H3,(H,21,23). The fourth-order valence-corrected chi connectivity index (χ4v) is 4.07. The van der Waals surface area contributed by atoms with Crippen LogP contribution in [0.5, 0.6) is 0 Å². The minimum absolute atomic E-state index is 0.0468. The van der Waals surface area contributed by atoms with E-state index in [-0.39, 0.29) is 24.0 Å². The maximum atomic E-state index is 13.0. The smallest absolute Gasteiger partial charge is 0.243 e. The Morgan fingerprint density at radius 2 is 1.73 bits per heavy atom. The van der Waals surface area contributed by atoms with E-state index in [1.54, 1.807) is 6.92 Å². The highest BCUT2D eigenvalue weighted by Crippen LogP contribution is 2.18. The van der Waals surface area contributed by atoms with E-state index in [0.29, 0.717) is 0 Å². The van der Waals surface area contributed by atoms with Gasteiger partial charge in [-0.1, -0.05) is 35.0 Å². The van der Waals surface area contributed by atoms with E-state index >= 15 is 0 Å². The van der Waals surface area contributed by atoms with Gasteiger partial charge in [0, 0.05) is 11.0 Å². The molecule has 140 valence electrons. The number of nitrogens with zero attached hydrogens (tertiary/aromatic N) is 1. The van der Waals surface area contributed by atoms with Crippen molar-refractivity contribution in [2.45, 2.75) is 24.8 Å². The van der Waals surface area contributed by atoms with E-state index in [1.165, 1.54) is 12.1 Å². The largest absolute Gasteiger partial charge is 0.348 e. The molecule has 0 fully saturated rings. The van der Waals surface area contributed by atoms with Crippen molar-refractivity contribution in [2.75, 3.05) is 13.1 Å². The molecular weight excluding hydrogens is 423 g/mol. The van der Waals surface area contributed by atoms with E-state index in [9.17, 15) is 17.6 Å². The Bertz CT molecular complexity index is 855. The van der Waals surface area contributed by atoms with Gasteiger partial charge in [-0.2, -0.15) is 4.31 Å². The molecule has 26 heavy (non-hydrogen) atoms. The molecule has 1 unspecified atom stereocenters. The molecule has 2 aromatic carbocycles. The Morgan fingerprint density at radius 1 is 1.15 bits per heavy atom. The van der Waals surface area contributed by atoms with Crippen molar-refractivity contribution in [3.63, 3.8) is 0 Å². The molecule has 2 aromatic rings. The van der Waals surface area contributed by atoms with E-state index in [0.717, 1.165) is 26.5 Å². The first-order valence-corrected chi connectivity index (χ1v) is 10.3. The molecule has 0 bridgehead atoms. The van der Waals surface area contributed by atoms with Crippen molar-refractivity contribution >= 4 is 31.9 Å². The SMILES string of the molecule is CCN(CC(=O)NC(C)c1ccc(Br)cc1)S(=O)(=O)c1ccc(F)cc1. The summed E-state index contributed by atoms with van der Waals surface area (Å²) in [5.41, 5.74) is 0.908. The summed E-state index contributed by atoms with van der Waals surface area (Å²) in [7, 11) is -3.87. The minimum Gasteiger partial charge on any atom is -0.348 e. The van der Waals surface area contributed by atoms with Gasteiger partial charge in [0.2, 0.25) is 15.9 Å². The second-order valence-corrected chi connectivity index (χ2v) is 8.58. The zero-order valence-corrected chi connectivity index (χ0v) is 16.8. The maximum absolute atomic E-state index is 13.0. The lowest BCUT2D eigenvalue weighted by Crippen LogP contribution is -2.41. The summed E-state index contributed by atoms with van der Waals surface area (Å²) < 4.78 is 40.3. The third-order valence-electron chi connectivity index (χ3n) is 3.87. The van der Waals surface area contributed by atoms with Crippen molar-refractivity contribution < 1.29 is 17.6 Å². The minimum atomic E-state index is -3.87. The number of hydrogen-bond donors (Lipinski definition) is 1. The third kappa shape index (κ3) is 5.12. The third-order valence-corrected chi connectivity index (χ3v) is 6.34. The number of hydrogen-bond acceptors (Lipinski definition) is 3. The topological polar surface area (TPSA) is 66.5 Å². The van der Waals surface area contributed by atoms with Crippen LogP contribution in [0.2, 0.25) is 0 Å². The Morgan fingerprint density at radius 3 is 2.27 bits per heavy atom. The van der Waals surface area contributed by atoms with E-state index in [2.05, 4.69) is 21.2 Å². The van der Waals surface area contributed by atoms with Crippen LogP contribution in [-0.4, -0.2) is 31.7 Å². The van der Waals surface area contributed by atoms with Gasteiger partial charge in [-0.05, 0) is 48.9 Å². The van der Waals surface area contributed by atoms with Crippen LogP contribution in [0.3, 0.4) is 0 Å². The molecule has 0 aromatic heterocycles. The Hall–Kier alpha value is -1.77. The average molecular weight is 443 g/mol. The summed E-state index contributed by atoms with van der Waals surface area (Å²) in [5, 5.41) is 2.79. The second kappa shape index (κ2) is 8.75. The summed E-state index contributed by atoms with van der Waals surface area (Å²) in [6.07, 6.45) is 0. The Labute approximate surface area is 161 Å². The molecule has 1 atom stereocenters. The fourth-order valence-electron chi connectivity index (χ4n) is 2.40. The first-order chi connectivity index (χ1) is 12.2. The van der Waals surface area contributed by atoms with Crippen molar-refractivity contribution in [1.82, 2.24) is 9.62 Å². The molecule has 0 aliphatic rings. The van der Waals surface area contributed by atoms with Gasteiger partial charge in [0.05, 0.1) is 17.5 Å². The first-order valence-electron chi connectivity index (χ1n) is 8.04. The molecule has 1 amide bonds. The number of halogens is 2. The van der Waals surface area contributed by atoms with Gasteiger partial charge in [-0.25, -0.2) is 12.8 Å². The molecule has 8 heteroatoms. The van der Waals surface area contributed by atoms with Crippen LogP contribution < -0.4 is 5.32 Å². The van der Waals surface area contributed by atoms with Gasteiger partial charge in [-0.15, -0.1) is 0 Å². The monoisotopic (exact) mass is 442 g/mol.